The Bertz CT molecular complexity index is 1030. The monoisotopic (exact) mass is 362 g/mol. The molecule has 1 aromatic carbocycles. The van der Waals surface area contributed by atoms with E-state index in [0.29, 0.717) is 23.6 Å². The van der Waals surface area contributed by atoms with Crippen LogP contribution >= 0.6 is 0 Å². The van der Waals surface area contributed by atoms with Gasteiger partial charge in [-0.1, -0.05) is 23.8 Å². The molecule has 6 heteroatoms. The molecule has 0 unspecified atom stereocenters. The van der Waals surface area contributed by atoms with Crippen LogP contribution in [-0.4, -0.2) is 20.9 Å². The van der Waals surface area contributed by atoms with Gasteiger partial charge in [0, 0.05) is 35.8 Å². The van der Waals surface area contributed by atoms with Crippen molar-refractivity contribution in [2.24, 2.45) is 0 Å². The van der Waals surface area contributed by atoms with Crippen molar-refractivity contribution in [3.05, 3.63) is 81.0 Å². The van der Waals surface area contributed by atoms with Gasteiger partial charge in [0.05, 0.1) is 6.42 Å². The number of pyridine rings is 1. The molecule has 2 aromatic heterocycles. The second-order valence-electron chi connectivity index (χ2n) is 6.60. The minimum absolute atomic E-state index is 0.00427. The van der Waals surface area contributed by atoms with Crippen molar-refractivity contribution in [1.82, 2.24) is 20.3 Å². The minimum atomic E-state index is -0.295. The number of amides is 1. The van der Waals surface area contributed by atoms with Crippen molar-refractivity contribution < 1.29 is 4.79 Å². The van der Waals surface area contributed by atoms with Crippen LogP contribution < -0.4 is 10.9 Å². The lowest BCUT2D eigenvalue weighted by molar-refractivity contribution is -0.120. The number of carbonyl (C=O) groups is 1. The summed E-state index contributed by atoms with van der Waals surface area (Å²) in [6.45, 7) is 6.23. The fourth-order valence-corrected chi connectivity index (χ4v) is 2.93. The van der Waals surface area contributed by atoms with Gasteiger partial charge in [-0.25, -0.2) is 4.98 Å². The van der Waals surface area contributed by atoms with Crippen LogP contribution in [0.25, 0.3) is 11.4 Å². The summed E-state index contributed by atoms with van der Waals surface area (Å²) in [4.78, 5) is 35.9. The van der Waals surface area contributed by atoms with Gasteiger partial charge in [-0.15, -0.1) is 0 Å². The number of rotatable bonds is 5. The van der Waals surface area contributed by atoms with Crippen LogP contribution in [0.5, 0.6) is 0 Å². The normalized spacial score (nSPS) is 10.6. The lowest BCUT2D eigenvalue weighted by atomic mass is 10.1. The van der Waals surface area contributed by atoms with Crippen LogP contribution in [0.3, 0.4) is 0 Å². The molecular formula is C21H22N4O2. The number of aromatic nitrogens is 3. The van der Waals surface area contributed by atoms with Gasteiger partial charge in [-0.05, 0) is 44.0 Å². The molecule has 0 saturated heterocycles. The molecule has 0 radical (unpaired) electrons. The third-order valence-corrected chi connectivity index (χ3v) is 4.49. The molecule has 0 aliphatic heterocycles. The molecule has 1 amide bonds. The highest BCUT2D eigenvalue weighted by Crippen LogP contribution is 2.13. The van der Waals surface area contributed by atoms with Crippen molar-refractivity contribution in [1.29, 1.82) is 0 Å². The van der Waals surface area contributed by atoms with Gasteiger partial charge in [-0.3, -0.25) is 14.6 Å². The zero-order chi connectivity index (χ0) is 19.4. The Morgan fingerprint density at radius 2 is 1.85 bits per heavy atom. The molecule has 3 rings (SSSR count). The minimum Gasteiger partial charge on any atom is -0.352 e. The summed E-state index contributed by atoms with van der Waals surface area (Å²) in [5.41, 5.74) is 4.79. The van der Waals surface area contributed by atoms with Crippen LogP contribution in [0.4, 0.5) is 0 Å². The molecule has 138 valence electrons. The second-order valence-corrected chi connectivity index (χ2v) is 6.60. The zero-order valence-electron chi connectivity index (χ0n) is 15.7. The average Bonchev–Trinajstić information content (AvgIpc) is 2.64. The molecule has 0 atom stereocenters. The number of carbonyl (C=O) groups excluding carboxylic acids is 1. The maximum atomic E-state index is 12.4. The van der Waals surface area contributed by atoms with Crippen molar-refractivity contribution >= 4 is 5.91 Å². The molecule has 0 spiro atoms. The quantitative estimate of drug-likeness (QED) is 0.730. The van der Waals surface area contributed by atoms with Crippen LogP contribution in [0.1, 0.15) is 27.9 Å². The van der Waals surface area contributed by atoms with Crippen LogP contribution in [0.15, 0.2) is 47.5 Å². The van der Waals surface area contributed by atoms with Gasteiger partial charge in [0.1, 0.15) is 5.82 Å². The standard InChI is InChI=1S/C21H22N4O2/c1-13-4-5-17(14(2)10-13)12-23-19(26)11-18-15(3)24-20(25-21(18)27)16-6-8-22-9-7-16/h4-10H,11-12H2,1-3H3,(H,23,26)(H,24,25,27). The predicted octanol–water partition coefficient (Wildman–Crippen LogP) is 2.62. The SMILES string of the molecule is Cc1ccc(CNC(=O)Cc2c(C)nc(-c3ccncc3)[nH]c2=O)c(C)c1. The Morgan fingerprint density at radius 3 is 2.52 bits per heavy atom. The molecule has 3 aromatic rings. The third kappa shape index (κ3) is 4.47. The maximum Gasteiger partial charge on any atom is 0.255 e. The van der Waals surface area contributed by atoms with E-state index in [4.69, 9.17) is 0 Å². The largest absolute Gasteiger partial charge is 0.352 e. The smallest absolute Gasteiger partial charge is 0.255 e. The molecule has 0 aliphatic rings. The number of H-pyrrole nitrogens is 1. The fourth-order valence-electron chi connectivity index (χ4n) is 2.93. The summed E-state index contributed by atoms with van der Waals surface area (Å²) >= 11 is 0. The van der Waals surface area contributed by atoms with Crippen molar-refractivity contribution in [3.8, 4) is 11.4 Å². The van der Waals surface area contributed by atoms with Gasteiger partial charge in [0.15, 0.2) is 0 Å². The summed E-state index contributed by atoms with van der Waals surface area (Å²) < 4.78 is 0. The zero-order valence-corrected chi connectivity index (χ0v) is 15.7. The highest BCUT2D eigenvalue weighted by molar-refractivity contribution is 5.78. The van der Waals surface area contributed by atoms with Crippen LogP contribution in [0.2, 0.25) is 0 Å². The maximum absolute atomic E-state index is 12.4. The highest BCUT2D eigenvalue weighted by Gasteiger charge is 2.13. The van der Waals surface area contributed by atoms with Crippen molar-refractivity contribution in [2.45, 2.75) is 33.7 Å². The van der Waals surface area contributed by atoms with E-state index in [0.717, 1.165) is 16.7 Å². The molecule has 0 aliphatic carbocycles. The third-order valence-electron chi connectivity index (χ3n) is 4.49. The second kappa shape index (κ2) is 7.95. The van der Waals surface area contributed by atoms with E-state index in [2.05, 4.69) is 26.3 Å². The summed E-state index contributed by atoms with van der Waals surface area (Å²) in [6.07, 6.45) is 3.27. The van der Waals surface area contributed by atoms with Gasteiger partial charge in [-0.2, -0.15) is 0 Å². The molecule has 2 heterocycles. The van der Waals surface area contributed by atoms with E-state index in [-0.39, 0.29) is 17.9 Å². The number of hydrogen-bond acceptors (Lipinski definition) is 4. The molecule has 27 heavy (non-hydrogen) atoms. The van der Waals surface area contributed by atoms with Gasteiger partial charge in [0.25, 0.3) is 5.56 Å². The number of hydrogen-bond donors (Lipinski definition) is 2. The van der Waals surface area contributed by atoms with E-state index >= 15 is 0 Å². The Labute approximate surface area is 157 Å². The highest BCUT2D eigenvalue weighted by atomic mass is 16.2. The first-order valence-electron chi connectivity index (χ1n) is 8.77. The van der Waals surface area contributed by atoms with Crippen LogP contribution in [0, 0.1) is 20.8 Å². The van der Waals surface area contributed by atoms with E-state index in [9.17, 15) is 9.59 Å². The molecule has 0 saturated carbocycles. The Hall–Kier alpha value is -3.28. The molecule has 0 bridgehead atoms. The Kier molecular flexibility index (Phi) is 5.45. The predicted molar refractivity (Wildman–Crippen MR) is 104 cm³/mol. The van der Waals surface area contributed by atoms with Gasteiger partial charge < -0.3 is 10.3 Å². The number of nitrogens with zero attached hydrogens (tertiary/aromatic N) is 2. The van der Waals surface area contributed by atoms with E-state index in [1.807, 2.05) is 26.0 Å². The topological polar surface area (TPSA) is 87.7 Å². The Balaban J connectivity index is 1.71. The van der Waals surface area contributed by atoms with Crippen molar-refractivity contribution in [3.63, 3.8) is 0 Å². The van der Waals surface area contributed by atoms with Gasteiger partial charge >= 0.3 is 0 Å². The van der Waals surface area contributed by atoms with Gasteiger partial charge in [0.2, 0.25) is 5.91 Å². The summed E-state index contributed by atoms with van der Waals surface area (Å²) in [7, 11) is 0. The first-order valence-corrected chi connectivity index (χ1v) is 8.77. The number of aryl methyl sites for hydroxylation is 3. The number of benzene rings is 1. The first-order chi connectivity index (χ1) is 12.9. The molecule has 2 N–H and O–H groups in total. The fraction of sp³-hybridized carbons (Fsp3) is 0.238. The lowest BCUT2D eigenvalue weighted by Gasteiger charge is -2.10. The first kappa shape index (κ1) is 18.5. The molecule has 0 fully saturated rings. The molecular weight excluding hydrogens is 340 g/mol. The van der Waals surface area contributed by atoms with Crippen molar-refractivity contribution in [2.75, 3.05) is 0 Å². The number of nitrogens with one attached hydrogen (secondary N) is 2. The lowest BCUT2D eigenvalue weighted by Crippen LogP contribution is -2.29. The average molecular weight is 362 g/mol. The van der Waals surface area contributed by atoms with Crippen LogP contribution in [-0.2, 0) is 17.8 Å². The Morgan fingerprint density at radius 1 is 1.11 bits per heavy atom. The summed E-state index contributed by atoms with van der Waals surface area (Å²) in [5, 5.41) is 2.88. The van der Waals surface area contributed by atoms with E-state index in [1.165, 1.54) is 5.56 Å². The summed E-state index contributed by atoms with van der Waals surface area (Å²) in [6, 6.07) is 9.65. The van der Waals surface area contributed by atoms with E-state index in [1.54, 1.807) is 31.5 Å². The summed E-state index contributed by atoms with van der Waals surface area (Å²) in [5.74, 6) is 0.265. The van der Waals surface area contributed by atoms with E-state index < -0.39 is 0 Å². The molecule has 6 nitrogen and oxygen atoms in total. The number of aromatic amines is 1.